The first kappa shape index (κ1) is 16.7. The lowest BCUT2D eigenvalue weighted by Gasteiger charge is -2.46. The molecule has 0 aliphatic carbocycles. The van der Waals surface area contributed by atoms with Crippen molar-refractivity contribution in [3.63, 3.8) is 0 Å². The van der Waals surface area contributed by atoms with Gasteiger partial charge in [-0.05, 0) is 24.1 Å². The number of amides is 1. The smallest absolute Gasteiger partial charge is 0.267 e. The van der Waals surface area contributed by atoms with Gasteiger partial charge in [-0.15, -0.1) is 0 Å². The van der Waals surface area contributed by atoms with Gasteiger partial charge in [0.1, 0.15) is 0 Å². The number of hydrogen-bond donors (Lipinski definition) is 0. The number of β-lactam (4-membered cyclic amide) rings is 1. The molecule has 0 N–H and O–H groups in total. The van der Waals surface area contributed by atoms with Gasteiger partial charge in [0.25, 0.3) is 10.0 Å². The summed E-state index contributed by atoms with van der Waals surface area (Å²) in [6.07, 6.45) is 2.62. The molecule has 2 aromatic rings. The molecule has 0 bridgehead atoms. The molecule has 126 valence electrons. The molecule has 1 aliphatic heterocycles. The third kappa shape index (κ3) is 2.84. The maximum atomic E-state index is 12.9. The Bertz CT molecular complexity index is 803. The summed E-state index contributed by atoms with van der Waals surface area (Å²) in [5, 5.41) is 0. The first-order valence-electron chi connectivity index (χ1n) is 8.25. The number of carbonyl (C=O) groups excluding carboxylic acids is 1. The zero-order valence-electron chi connectivity index (χ0n) is 13.6. The lowest BCUT2D eigenvalue weighted by molar-refractivity contribution is -0.147. The number of nitrogens with zero attached hydrogens (tertiary/aromatic N) is 1. The van der Waals surface area contributed by atoms with Crippen LogP contribution < -0.4 is 0 Å². The maximum absolute atomic E-state index is 12.9. The highest BCUT2D eigenvalue weighted by Gasteiger charge is 2.53. The minimum Gasteiger partial charge on any atom is -0.273 e. The molecular formula is C19H21NO3S. The molecule has 2 atom stereocenters. The standard InChI is InChI=1S/C19H21NO3S/c1-2-3-14-17-18(15-10-6-4-7-11-15)20(19(17)21)24(22,23)16-12-8-5-9-13-16/h4-13,17-18H,2-3,14H2,1H3. The molecule has 1 amide bonds. The first-order chi connectivity index (χ1) is 11.6. The monoisotopic (exact) mass is 343 g/mol. The van der Waals surface area contributed by atoms with Crippen LogP contribution in [-0.2, 0) is 14.8 Å². The fourth-order valence-corrected chi connectivity index (χ4v) is 4.88. The molecule has 1 fully saturated rings. The summed E-state index contributed by atoms with van der Waals surface area (Å²) in [4.78, 5) is 12.8. The molecule has 0 spiro atoms. The van der Waals surface area contributed by atoms with Gasteiger partial charge in [-0.2, -0.15) is 0 Å². The summed E-state index contributed by atoms with van der Waals surface area (Å²) in [5.74, 6) is -0.549. The van der Waals surface area contributed by atoms with Crippen LogP contribution in [0.1, 0.15) is 37.8 Å². The van der Waals surface area contributed by atoms with E-state index in [-0.39, 0.29) is 16.7 Å². The molecule has 1 saturated heterocycles. The van der Waals surface area contributed by atoms with E-state index in [0.717, 1.165) is 29.1 Å². The van der Waals surface area contributed by atoms with Gasteiger partial charge in [0.15, 0.2) is 0 Å². The Morgan fingerprint density at radius 2 is 1.54 bits per heavy atom. The maximum Gasteiger partial charge on any atom is 0.267 e. The van der Waals surface area contributed by atoms with Crippen molar-refractivity contribution in [3.8, 4) is 0 Å². The van der Waals surface area contributed by atoms with E-state index in [1.54, 1.807) is 18.2 Å². The fraction of sp³-hybridized carbons (Fsp3) is 0.316. The number of benzene rings is 2. The highest BCUT2D eigenvalue weighted by atomic mass is 32.2. The summed E-state index contributed by atoms with van der Waals surface area (Å²) in [6.45, 7) is 2.07. The normalized spacial score (nSPS) is 20.7. The average Bonchev–Trinajstić information content (AvgIpc) is 2.61. The van der Waals surface area contributed by atoms with Crippen LogP contribution >= 0.6 is 0 Å². The van der Waals surface area contributed by atoms with Crippen LogP contribution in [0.5, 0.6) is 0 Å². The number of carbonyl (C=O) groups is 1. The fourth-order valence-electron chi connectivity index (χ4n) is 3.21. The molecule has 1 heterocycles. The highest BCUT2D eigenvalue weighted by Crippen LogP contribution is 2.46. The molecule has 1 aliphatic rings. The van der Waals surface area contributed by atoms with Crippen LogP contribution in [-0.4, -0.2) is 18.6 Å². The van der Waals surface area contributed by atoms with Crippen LogP contribution in [0.4, 0.5) is 0 Å². The van der Waals surface area contributed by atoms with Gasteiger partial charge < -0.3 is 0 Å². The summed E-state index contributed by atoms with van der Waals surface area (Å²) in [6, 6.07) is 17.2. The second-order valence-corrected chi connectivity index (χ2v) is 7.87. The van der Waals surface area contributed by atoms with Crippen molar-refractivity contribution in [1.29, 1.82) is 0 Å². The van der Waals surface area contributed by atoms with Crippen LogP contribution in [0.2, 0.25) is 0 Å². The topological polar surface area (TPSA) is 54.5 Å². The number of unbranched alkanes of at least 4 members (excludes halogenated alkanes) is 1. The summed E-state index contributed by atoms with van der Waals surface area (Å²) in [5.41, 5.74) is 0.873. The Balaban J connectivity index is 1.98. The molecule has 2 unspecified atom stereocenters. The summed E-state index contributed by atoms with van der Waals surface area (Å²) >= 11 is 0. The van der Waals surface area contributed by atoms with Gasteiger partial charge in [-0.1, -0.05) is 68.3 Å². The second kappa shape index (κ2) is 6.77. The lowest BCUT2D eigenvalue weighted by Crippen LogP contribution is -2.57. The highest BCUT2D eigenvalue weighted by molar-refractivity contribution is 7.89. The molecule has 3 rings (SSSR count). The van der Waals surface area contributed by atoms with E-state index in [0.29, 0.717) is 0 Å². The van der Waals surface area contributed by atoms with Gasteiger partial charge in [-0.3, -0.25) is 4.79 Å². The first-order valence-corrected chi connectivity index (χ1v) is 9.69. The van der Waals surface area contributed by atoms with Gasteiger partial charge in [-0.25, -0.2) is 12.7 Å². The Labute approximate surface area is 143 Å². The van der Waals surface area contributed by atoms with E-state index in [1.807, 2.05) is 30.3 Å². The van der Waals surface area contributed by atoms with Crippen LogP contribution in [0.3, 0.4) is 0 Å². The Kier molecular flexibility index (Phi) is 4.71. The largest absolute Gasteiger partial charge is 0.273 e. The average molecular weight is 343 g/mol. The molecule has 0 saturated carbocycles. The van der Waals surface area contributed by atoms with Crippen molar-refractivity contribution in [1.82, 2.24) is 4.31 Å². The molecule has 4 nitrogen and oxygen atoms in total. The predicted octanol–water partition coefficient (Wildman–Crippen LogP) is 3.77. The lowest BCUT2D eigenvalue weighted by atomic mass is 9.81. The van der Waals surface area contributed by atoms with Crippen molar-refractivity contribution >= 4 is 15.9 Å². The molecule has 24 heavy (non-hydrogen) atoms. The van der Waals surface area contributed by atoms with E-state index >= 15 is 0 Å². The van der Waals surface area contributed by atoms with Crippen molar-refractivity contribution in [2.75, 3.05) is 0 Å². The zero-order valence-corrected chi connectivity index (χ0v) is 14.4. The third-order valence-electron chi connectivity index (χ3n) is 4.48. The van der Waals surface area contributed by atoms with E-state index in [4.69, 9.17) is 0 Å². The van der Waals surface area contributed by atoms with Crippen molar-refractivity contribution < 1.29 is 13.2 Å². The van der Waals surface area contributed by atoms with Gasteiger partial charge >= 0.3 is 0 Å². The van der Waals surface area contributed by atoms with Crippen LogP contribution in [0, 0.1) is 5.92 Å². The molecule has 0 radical (unpaired) electrons. The van der Waals surface area contributed by atoms with Gasteiger partial charge in [0, 0.05) is 0 Å². The van der Waals surface area contributed by atoms with Crippen molar-refractivity contribution in [2.24, 2.45) is 5.92 Å². The van der Waals surface area contributed by atoms with Gasteiger partial charge in [0.2, 0.25) is 5.91 Å². The molecule has 5 heteroatoms. The SMILES string of the molecule is CCCCC1C(=O)N(S(=O)(=O)c2ccccc2)C1c1ccccc1. The predicted molar refractivity (Wildman–Crippen MR) is 92.7 cm³/mol. The molecular weight excluding hydrogens is 322 g/mol. The Morgan fingerprint density at radius 3 is 2.12 bits per heavy atom. The van der Waals surface area contributed by atoms with E-state index in [9.17, 15) is 13.2 Å². The number of hydrogen-bond acceptors (Lipinski definition) is 3. The number of sulfonamides is 1. The van der Waals surface area contributed by atoms with E-state index in [1.165, 1.54) is 12.1 Å². The zero-order chi connectivity index (χ0) is 17.2. The summed E-state index contributed by atoms with van der Waals surface area (Å²) in [7, 11) is -3.82. The van der Waals surface area contributed by atoms with Crippen LogP contribution in [0.15, 0.2) is 65.6 Å². The third-order valence-corrected chi connectivity index (χ3v) is 6.27. The van der Waals surface area contributed by atoms with E-state index < -0.39 is 16.1 Å². The minimum atomic E-state index is -3.82. The summed E-state index contributed by atoms with van der Waals surface area (Å²) < 4.78 is 26.9. The van der Waals surface area contributed by atoms with E-state index in [2.05, 4.69) is 6.92 Å². The van der Waals surface area contributed by atoms with Crippen molar-refractivity contribution in [3.05, 3.63) is 66.2 Å². The minimum absolute atomic E-state index is 0.160. The quantitative estimate of drug-likeness (QED) is 0.750. The Morgan fingerprint density at radius 1 is 0.958 bits per heavy atom. The number of rotatable bonds is 6. The Hall–Kier alpha value is -2.14. The van der Waals surface area contributed by atoms with Crippen LogP contribution in [0.25, 0.3) is 0 Å². The second-order valence-electron chi connectivity index (χ2n) is 6.06. The molecule has 2 aromatic carbocycles. The molecule has 0 aromatic heterocycles. The van der Waals surface area contributed by atoms with Gasteiger partial charge in [0.05, 0.1) is 16.9 Å². The van der Waals surface area contributed by atoms with Crippen molar-refractivity contribution in [2.45, 2.75) is 37.1 Å².